The molecule has 10 heteroatoms. The molecule has 0 atom stereocenters. The molecular formula is C22H29F2IN4O3. The molecule has 0 aliphatic heterocycles. The molecule has 2 aromatic carbocycles. The first-order valence-electron chi connectivity index (χ1n) is 10.0. The molecular weight excluding hydrogens is 533 g/mol. The average Bonchev–Trinajstić information content (AvgIpc) is 2.76. The molecule has 3 N–H and O–H groups in total. The summed E-state index contributed by atoms with van der Waals surface area (Å²) < 4.78 is 35.9. The summed E-state index contributed by atoms with van der Waals surface area (Å²) in [5.41, 5.74) is 1.92. The number of ether oxygens (including phenoxy) is 2. The Morgan fingerprint density at radius 1 is 1.12 bits per heavy atom. The van der Waals surface area contributed by atoms with Gasteiger partial charge in [-0.3, -0.25) is 4.79 Å². The number of nitrogens with one attached hydrogen (secondary N) is 3. The number of carbonyl (C=O) groups excluding carboxylic acids is 1. The highest BCUT2D eigenvalue weighted by atomic mass is 127. The van der Waals surface area contributed by atoms with Crippen LogP contribution in [0.3, 0.4) is 0 Å². The van der Waals surface area contributed by atoms with Crippen LogP contribution in [0.1, 0.15) is 35.3 Å². The Labute approximate surface area is 204 Å². The van der Waals surface area contributed by atoms with E-state index in [1.807, 2.05) is 13.0 Å². The van der Waals surface area contributed by atoms with E-state index in [1.54, 1.807) is 50.4 Å². The van der Waals surface area contributed by atoms with Crippen molar-refractivity contribution in [2.45, 2.75) is 33.5 Å². The van der Waals surface area contributed by atoms with Crippen LogP contribution >= 0.6 is 24.0 Å². The molecule has 32 heavy (non-hydrogen) atoms. The van der Waals surface area contributed by atoms with Gasteiger partial charge in [0.1, 0.15) is 0 Å². The molecule has 0 spiro atoms. The van der Waals surface area contributed by atoms with E-state index in [2.05, 4.69) is 20.9 Å². The maximum atomic E-state index is 12.9. The summed E-state index contributed by atoms with van der Waals surface area (Å²) in [6.45, 7) is 2.21. The van der Waals surface area contributed by atoms with Crippen molar-refractivity contribution >= 4 is 35.8 Å². The fourth-order valence-corrected chi connectivity index (χ4v) is 2.84. The van der Waals surface area contributed by atoms with Crippen LogP contribution in [0.25, 0.3) is 0 Å². The molecule has 0 saturated heterocycles. The second-order valence-corrected chi connectivity index (χ2v) is 6.38. The van der Waals surface area contributed by atoms with E-state index in [9.17, 15) is 13.6 Å². The number of benzene rings is 2. The Hall–Kier alpha value is -2.63. The SMILES string of the molecule is CCNC(=NCc1cccc(C(=O)NC)c1)NCc1cccc(OCC)c1OC(F)F.I. The van der Waals surface area contributed by atoms with Gasteiger partial charge in [-0.2, -0.15) is 8.78 Å². The van der Waals surface area contributed by atoms with Gasteiger partial charge in [-0.15, -0.1) is 24.0 Å². The zero-order valence-corrected chi connectivity index (χ0v) is 20.6. The first-order valence-corrected chi connectivity index (χ1v) is 10.0. The minimum absolute atomic E-state index is 0. The molecule has 0 fully saturated rings. The Bertz CT molecular complexity index is 897. The average molecular weight is 562 g/mol. The van der Waals surface area contributed by atoms with Gasteiger partial charge in [0.05, 0.1) is 13.2 Å². The van der Waals surface area contributed by atoms with Crippen molar-refractivity contribution in [1.29, 1.82) is 0 Å². The molecule has 0 aliphatic rings. The molecule has 0 heterocycles. The van der Waals surface area contributed by atoms with E-state index in [0.717, 1.165) is 5.56 Å². The molecule has 176 valence electrons. The number of aliphatic imine (C=N–C) groups is 1. The summed E-state index contributed by atoms with van der Waals surface area (Å²) in [5.74, 6) is 0.588. The summed E-state index contributed by atoms with van der Waals surface area (Å²) in [5, 5.41) is 8.82. The normalized spacial score (nSPS) is 10.9. The molecule has 0 saturated carbocycles. The monoisotopic (exact) mass is 562 g/mol. The molecule has 1 amide bonds. The van der Waals surface area contributed by atoms with E-state index in [0.29, 0.717) is 36.8 Å². The van der Waals surface area contributed by atoms with Crippen LogP contribution in [0.4, 0.5) is 8.78 Å². The zero-order valence-electron chi connectivity index (χ0n) is 18.3. The number of guanidine groups is 1. The predicted octanol–water partition coefficient (Wildman–Crippen LogP) is 3.92. The van der Waals surface area contributed by atoms with Gasteiger partial charge in [0.25, 0.3) is 5.91 Å². The molecule has 0 aromatic heterocycles. The maximum absolute atomic E-state index is 12.9. The van der Waals surface area contributed by atoms with Crippen LogP contribution in [0, 0.1) is 0 Å². The van der Waals surface area contributed by atoms with Crippen LogP contribution < -0.4 is 25.4 Å². The highest BCUT2D eigenvalue weighted by Crippen LogP contribution is 2.32. The van der Waals surface area contributed by atoms with Crippen LogP contribution in [-0.4, -0.2) is 38.7 Å². The van der Waals surface area contributed by atoms with E-state index in [-0.39, 0.29) is 47.9 Å². The van der Waals surface area contributed by atoms with Gasteiger partial charge in [-0.25, -0.2) is 4.99 Å². The fourth-order valence-electron chi connectivity index (χ4n) is 2.84. The van der Waals surface area contributed by atoms with E-state index in [4.69, 9.17) is 9.47 Å². The Kier molecular flexibility index (Phi) is 12.4. The fraction of sp³-hybridized carbons (Fsp3) is 0.364. The van der Waals surface area contributed by atoms with Crippen molar-refractivity contribution in [3.63, 3.8) is 0 Å². The zero-order chi connectivity index (χ0) is 22.6. The van der Waals surface area contributed by atoms with Crippen LogP contribution in [0.15, 0.2) is 47.5 Å². The lowest BCUT2D eigenvalue weighted by Crippen LogP contribution is -2.37. The summed E-state index contributed by atoms with van der Waals surface area (Å²) in [4.78, 5) is 16.3. The minimum Gasteiger partial charge on any atom is -0.490 e. The van der Waals surface area contributed by atoms with Gasteiger partial charge in [-0.1, -0.05) is 24.3 Å². The van der Waals surface area contributed by atoms with Gasteiger partial charge in [0, 0.05) is 31.3 Å². The van der Waals surface area contributed by atoms with Gasteiger partial charge in [0.15, 0.2) is 17.5 Å². The lowest BCUT2D eigenvalue weighted by Gasteiger charge is -2.17. The van der Waals surface area contributed by atoms with Crippen molar-refractivity contribution in [1.82, 2.24) is 16.0 Å². The van der Waals surface area contributed by atoms with Gasteiger partial charge in [0.2, 0.25) is 0 Å². The highest BCUT2D eigenvalue weighted by molar-refractivity contribution is 14.0. The molecule has 0 radical (unpaired) electrons. The van der Waals surface area contributed by atoms with Crippen LogP contribution in [-0.2, 0) is 13.1 Å². The number of halogens is 3. The highest BCUT2D eigenvalue weighted by Gasteiger charge is 2.16. The Balaban J connectivity index is 0.00000512. The first-order chi connectivity index (χ1) is 15.0. The molecule has 2 aromatic rings. The lowest BCUT2D eigenvalue weighted by atomic mass is 10.1. The molecule has 7 nitrogen and oxygen atoms in total. The summed E-state index contributed by atoms with van der Waals surface area (Å²) in [6, 6.07) is 12.2. The molecule has 0 aliphatic carbocycles. The Morgan fingerprint density at radius 3 is 2.53 bits per heavy atom. The van der Waals surface area contributed by atoms with Crippen molar-refractivity contribution in [2.75, 3.05) is 20.2 Å². The molecule has 0 bridgehead atoms. The second-order valence-electron chi connectivity index (χ2n) is 6.38. The van der Waals surface area contributed by atoms with Crippen molar-refractivity contribution in [2.24, 2.45) is 4.99 Å². The Morgan fingerprint density at radius 2 is 1.88 bits per heavy atom. The van der Waals surface area contributed by atoms with Crippen molar-refractivity contribution in [3.05, 3.63) is 59.2 Å². The maximum Gasteiger partial charge on any atom is 0.387 e. The number of para-hydroxylation sites is 1. The van der Waals surface area contributed by atoms with Gasteiger partial charge < -0.3 is 25.4 Å². The quantitative estimate of drug-likeness (QED) is 0.232. The largest absolute Gasteiger partial charge is 0.490 e. The topological polar surface area (TPSA) is 84.0 Å². The smallest absolute Gasteiger partial charge is 0.387 e. The van der Waals surface area contributed by atoms with Crippen molar-refractivity contribution < 1.29 is 23.0 Å². The van der Waals surface area contributed by atoms with E-state index in [1.165, 1.54) is 0 Å². The van der Waals surface area contributed by atoms with Crippen LogP contribution in [0.5, 0.6) is 11.5 Å². The first kappa shape index (κ1) is 27.4. The third-order valence-electron chi connectivity index (χ3n) is 4.19. The lowest BCUT2D eigenvalue weighted by molar-refractivity contribution is -0.0520. The molecule has 0 unspecified atom stereocenters. The number of hydrogen-bond donors (Lipinski definition) is 3. The number of hydrogen-bond acceptors (Lipinski definition) is 4. The van der Waals surface area contributed by atoms with Gasteiger partial charge >= 0.3 is 6.61 Å². The van der Waals surface area contributed by atoms with Crippen LogP contribution in [0.2, 0.25) is 0 Å². The number of nitrogens with zero attached hydrogens (tertiary/aromatic N) is 1. The van der Waals surface area contributed by atoms with E-state index >= 15 is 0 Å². The second kappa shape index (κ2) is 14.4. The summed E-state index contributed by atoms with van der Waals surface area (Å²) in [7, 11) is 1.58. The number of rotatable bonds is 10. The third kappa shape index (κ3) is 8.48. The molecule has 2 rings (SSSR count). The van der Waals surface area contributed by atoms with E-state index < -0.39 is 6.61 Å². The summed E-state index contributed by atoms with van der Waals surface area (Å²) >= 11 is 0. The third-order valence-corrected chi connectivity index (χ3v) is 4.19. The van der Waals surface area contributed by atoms with Crippen molar-refractivity contribution in [3.8, 4) is 11.5 Å². The standard InChI is InChI=1S/C22H28F2N4O3.HI/c1-4-26-22(27-13-15-8-6-9-16(12-15)20(29)25-3)28-14-17-10-7-11-18(30-5-2)19(17)31-21(23)24;/h6-12,21H,4-5,13-14H2,1-3H3,(H,25,29)(H2,26,27,28);1H. The number of carbonyl (C=O) groups is 1. The number of alkyl halides is 2. The van der Waals surface area contributed by atoms with Gasteiger partial charge in [-0.05, 0) is 37.6 Å². The predicted molar refractivity (Wildman–Crippen MR) is 131 cm³/mol. The summed E-state index contributed by atoms with van der Waals surface area (Å²) in [6.07, 6.45) is 0. The number of amides is 1. The minimum atomic E-state index is -2.96.